The number of likely N-dealkylation sites (N-methyl/N-ethyl adjacent to an activating group) is 1. The number of hydrogen-bond acceptors (Lipinski definition) is 3. The van der Waals surface area contributed by atoms with Gasteiger partial charge in [-0.1, -0.05) is 30.3 Å². The molecule has 0 spiro atoms. The third-order valence-electron chi connectivity index (χ3n) is 4.43. The maximum atomic E-state index is 12.5. The second-order valence-corrected chi connectivity index (χ2v) is 6.28. The number of carbonyl (C=O) groups is 3. The zero-order valence-corrected chi connectivity index (χ0v) is 14.6. The fourth-order valence-corrected chi connectivity index (χ4v) is 2.96. The summed E-state index contributed by atoms with van der Waals surface area (Å²) in [4.78, 5) is 37.7. The molecule has 2 N–H and O–H groups in total. The summed E-state index contributed by atoms with van der Waals surface area (Å²) in [5.74, 6) is -0.659. The van der Waals surface area contributed by atoms with E-state index in [0.717, 1.165) is 11.3 Å². The van der Waals surface area contributed by atoms with Crippen LogP contribution in [0.25, 0.3) is 0 Å². The Bertz CT molecular complexity index is 803. The second-order valence-electron chi connectivity index (χ2n) is 6.28. The van der Waals surface area contributed by atoms with Gasteiger partial charge in [-0.25, -0.2) is 0 Å². The molecule has 6 heteroatoms. The normalized spacial score (nSPS) is 16.4. The highest BCUT2D eigenvalue weighted by Gasteiger charge is 2.35. The van der Waals surface area contributed by atoms with Gasteiger partial charge in [0.15, 0.2) is 0 Å². The van der Waals surface area contributed by atoms with Crippen molar-refractivity contribution in [1.29, 1.82) is 0 Å². The van der Waals surface area contributed by atoms with Crippen LogP contribution in [0.5, 0.6) is 0 Å². The van der Waals surface area contributed by atoms with Gasteiger partial charge in [0, 0.05) is 31.4 Å². The van der Waals surface area contributed by atoms with Crippen molar-refractivity contribution in [3.05, 3.63) is 60.2 Å². The summed E-state index contributed by atoms with van der Waals surface area (Å²) in [6.07, 6.45) is 0.503. The lowest BCUT2D eigenvalue weighted by atomic mass is 10.1. The molecule has 0 saturated carbocycles. The molecule has 1 fully saturated rings. The van der Waals surface area contributed by atoms with Crippen molar-refractivity contribution in [2.24, 2.45) is 5.92 Å². The van der Waals surface area contributed by atoms with Gasteiger partial charge in [-0.2, -0.15) is 0 Å². The average molecular weight is 351 g/mol. The standard InChI is InChI=1S/C20H21N3O3/c1-21-18(24)11-14-7-9-16(10-8-14)22-20(26)15-12-19(25)23(13-15)17-5-3-2-4-6-17/h2-10,15H,11-13H2,1H3,(H,21,24)(H,22,26). The van der Waals surface area contributed by atoms with Gasteiger partial charge < -0.3 is 15.5 Å². The van der Waals surface area contributed by atoms with Gasteiger partial charge in [-0.3, -0.25) is 14.4 Å². The predicted molar refractivity (Wildman–Crippen MR) is 99.7 cm³/mol. The first-order chi connectivity index (χ1) is 12.6. The maximum Gasteiger partial charge on any atom is 0.229 e. The topological polar surface area (TPSA) is 78.5 Å². The van der Waals surface area contributed by atoms with E-state index in [1.807, 2.05) is 30.3 Å². The van der Waals surface area contributed by atoms with E-state index in [-0.39, 0.29) is 30.1 Å². The average Bonchev–Trinajstić information content (AvgIpc) is 3.06. The van der Waals surface area contributed by atoms with Crippen molar-refractivity contribution in [3.63, 3.8) is 0 Å². The van der Waals surface area contributed by atoms with Crippen LogP contribution in [0.15, 0.2) is 54.6 Å². The molecule has 1 aliphatic rings. The van der Waals surface area contributed by atoms with Gasteiger partial charge in [0.2, 0.25) is 17.7 Å². The van der Waals surface area contributed by atoms with Crippen LogP contribution in [0.3, 0.4) is 0 Å². The number of amides is 3. The zero-order chi connectivity index (χ0) is 18.5. The fraction of sp³-hybridized carbons (Fsp3) is 0.250. The molecule has 3 amide bonds. The van der Waals surface area contributed by atoms with Gasteiger partial charge in [-0.15, -0.1) is 0 Å². The Balaban J connectivity index is 1.60. The quantitative estimate of drug-likeness (QED) is 0.864. The molecule has 0 aliphatic carbocycles. The van der Waals surface area contributed by atoms with Crippen molar-refractivity contribution < 1.29 is 14.4 Å². The van der Waals surface area contributed by atoms with Gasteiger partial charge in [0.1, 0.15) is 0 Å². The van der Waals surface area contributed by atoms with Crippen molar-refractivity contribution >= 4 is 29.1 Å². The Morgan fingerprint density at radius 2 is 1.77 bits per heavy atom. The van der Waals surface area contributed by atoms with Crippen LogP contribution < -0.4 is 15.5 Å². The molecule has 6 nitrogen and oxygen atoms in total. The molecule has 134 valence electrons. The van der Waals surface area contributed by atoms with E-state index in [1.165, 1.54) is 0 Å². The number of benzene rings is 2. The summed E-state index contributed by atoms with van der Waals surface area (Å²) in [6.45, 7) is 0.378. The first-order valence-electron chi connectivity index (χ1n) is 8.52. The summed E-state index contributed by atoms with van der Waals surface area (Å²) in [6, 6.07) is 16.5. The minimum atomic E-state index is -0.381. The summed E-state index contributed by atoms with van der Waals surface area (Å²) in [7, 11) is 1.60. The molecule has 26 heavy (non-hydrogen) atoms. The molecule has 1 saturated heterocycles. The van der Waals surface area contributed by atoms with E-state index in [2.05, 4.69) is 10.6 Å². The smallest absolute Gasteiger partial charge is 0.229 e. The molecule has 3 rings (SSSR count). The van der Waals surface area contributed by atoms with Crippen molar-refractivity contribution in [2.45, 2.75) is 12.8 Å². The van der Waals surface area contributed by atoms with E-state index in [0.29, 0.717) is 18.7 Å². The lowest BCUT2D eigenvalue weighted by Crippen LogP contribution is -2.28. The van der Waals surface area contributed by atoms with E-state index < -0.39 is 0 Å². The highest BCUT2D eigenvalue weighted by atomic mass is 16.2. The molecule has 1 unspecified atom stereocenters. The Kier molecular flexibility index (Phi) is 5.31. The zero-order valence-electron chi connectivity index (χ0n) is 14.6. The number of nitrogens with one attached hydrogen (secondary N) is 2. The lowest BCUT2D eigenvalue weighted by Gasteiger charge is -2.16. The van der Waals surface area contributed by atoms with E-state index >= 15 is 0 Å². The van der Waals surface area contributed by atoms with Crippen LogP contribution in [0.1, 0.15) is 12.0 Å². The van der Waals surface area contributed by atoms with Crippen molar-refractivity contribution in [1.82, 2.24) is 5.32 Å². The third-order valence-corrected chi connectivity index (χ3v) is 4.43. The summed E-state index contributed by atoms with van der Waals surface area (Å²) >= 11 is 0. The third kappa shape index (κ3) is 4.08. The first kappa shape index (κ1) is 17.7. The van der Waals surface area contributed by atoms with Crippen LogP contribution in [-0.2, 0) is 20.8 Å². The Hall–Kier alpha value is -3.15. The molecular weight excluding hydrogens is 330 g/mol. The van der Waals surface area contributed by atoms with Crippen LogP contribution >= 0.6 is 0 Å². The van der Waals surface area contributed by atoms with Crippen LogP contribution in [-0.4, -0.2) is 31.3 Å². The fourth-order valence-electron chi connectivity index (χ4n) is 2.96. The highest BCUT2D eigenvalue weighted by molar-refractivity contribution is 6.03. The number of hydrogen-bond donors (Lipinski definition) is 2. The monoisotopic (exact) mass is 351 g/mol. The van der Waals surface area contributed by atoms with Gasteiger partial charge in [0.25, 0.3) is 0 Å². The minimum Gasteiger partial charge on any atom is -0.359 e. The van der Waals surface area contributed by atoms with E-state index in [1.54, 1.807) is 36.2 Å². The number of rotatable bonds is 5. The molecule has 0 aromatic heterocycles. The highest BCUT2D eigenvalue weighted by Crippen LogP contribution is 2.25. The van der Waals surface area contributed by atoms with Crippen LogP contribution in [0.4, 0.5) is 11.4 Å². The SMILES string of the molecule is CNC(=O)Cc1ccc(NC(=O)C2CC(=O)N(c3ccccc3)C2)cc1. The lowest BCUT2D eigenvalue weighted by molar-refractivity contribution is -0.122. The molecular formula is C20H21N3O3. The molecule has 2 aromatic rings. The Morgan fingerprint density at radius 1 is 1.08 bits per heavy atom. The maximum absolute atomic E-state index is 12.5. The first-order valence-corrected chi connectivity index (χ1v) is 8.52. The van der Waals surface area contributed by atoms with Gasteiger partial charge >= 0.3 is 0 Å². The minimum absolute atomic E-state index is 0.0442. The van der Waals surface area contributed by atoms with Crippen LogP contribution in [0.2, 0.25) is 0 Å². The number of carbonyl (C=O) groups excluding carboxylic acids is 3. The molecule has 0 bridgehead atoms. The number of anilines is 2. The van der Waals surface area contributed by atoms with Gasteiger partial charge in [0.05, 0.1) is 12.3 Å². The predicted octanol–water partition coefficient (Wildman–Crippen LogP) is 1.97. The second kappa shape index (κ2) is 7.82. The molecule has 1 atom stereocenters. The number of para-hydroxylation sites is 1. The largest absolute Gasteiger partial charge is 0.359 e. The molecule has 1 aliphatic heterocycles. The Labute approximate surface area is 152 Å². The summed E-state index contributed by atoms with van der Waals surface area (Å²) in [5.41, 5.74) is 2.33. The summed E-state index contributed by atoms with van der Waals surface area (Å²) in [5, 5.41) is 5.43. The van der Waals surface area contributed by atoms with Crippen molar-refractivity contribution in [2.75, 3.05) is 23.8 Å². The van der Waals surface area contributed by atoms with E-state index in [4.69, 9.17) is 0 Å². The van der Waals surface area contributed by atoms with Crippen LogP contribution in [0, 0.1) is 5.92 Å². The van der Waals surface area contributed by atoms with Gasteiger partial charge in [-0.05, 0) is 29.8 Å². The van der Waals surface area contributed by atoms with E-state index in [9.17, 15) is 14.4 Å². The molecule has 1 heterocycles. The molecule has 0 radical (unpaired) electrons. The van der Waals surface area contributed by atoms with Crippen molar-refractivity contribution in [3.8, 4) is 0 Å². The molecule has 2 aromatic carbocycles. The Morgan fingerprint density at radius 3 is 2.42 bits per heavy atom. The summed E-state index contributed by atoms with van der Waals surface area (Å²) < 4.78 is 0. The number of nitrogens with zero attached hydrogens (tertiary/aromatic N) is 1.